The predicted molar refractivity (Wildman–Crippen MR) is 65.7 cm³/mol. The van der Waals surface area contributed by atoms with Gasteiger partial charge in [0.25, 0.3) is 0 Å². The third kappa shape index (κ3) is 4.05. The number of hydrogen-bond donors (Lipinski definition) is 0. The maximum absolute atomic E-state index is 11.5. The molecule has 16 heavy (non-hydrogen) atoms. The molecule has 0 radical (unpaired) electrons. The molecule has 0 spiro atoms. The molecular weight excluding hydrogens is 200 g/mol. The molecule has 0 saturated heterocycles. The smallest absolute Gasteiger partial charge is 0.311 e. The molecule has 0 bridgehead atoms. The molecule has 0 aliphatic heterocycles. The van der Waals surface area contributed by atoms with Crippen LogP contribution in [-0.2, 0) is 4.79 Å². The number of hydrogen-bond acceptors (Lipinski definition) is 2. The quantitative estimate of drug-likeness (QED) is 0.428. The van der Waals surface area contributed by atoms with E-state index in [4.69, 9.17) is 4.74 Å². The molecule has 0 unspecified atom stereocenters. The first-order chi connectivity index (χ1) is 7.63. The van der Waals surface area contributed by atoms with E-state index in [1.165, 1.54) is 5.56 Å². The van der Waals surface area contributed by atoms with Gasteiger partial charge in [-0.2, -0.15) is 0 Å². The van der Waals surface area contributed by atoms with Crippen molar-refractivity contribution >= 4 is 5.97 Å². The molecule has 0 atom stereocenters. The van der Waals surface area contributed by atoms with Gasteiger partial charge in [0.2, 0.25) is 0 Å². The molecular formula is C14H20O2. The molecule has 1 aromatic carbocycles. The summed E-state index contributed by atoms with van der Waals surface area (Å²) in [6, 6.07) is 5.73. The average molecular weight is 220 g/mol. The zero-order chi connectivity index (χ0) is 12.0. The van der Waals surface area contributed by atoms with E-state index in [9.17, 15) is 4.79 Å². The first-order valence-electron chi connectivity index (χ1n) is 5.91. The van der Waals surface area contributed by atoms with E-state index < -0.39 is 0 Å². The Kier molecular flexibility index (Phi) is 5.03. The SMILES string of the molecule is CCCCCC(=O)Oc1ccc(C)c(C)c1. The fourth-order valence-corrected chi connectivity index (χ4v) is 1.48. The van der Waals surface area contributed by atoms with Gasteiger partial charge in [0, 0.05) is 6.42 Å². The summed E-state index contributed by atoms with van der Waals surface area (Å²) in [6.45, 7) is 6.18. The van der Waals surface area contributed by atoms with Crippen molar-refractivity contribution in [3.8, 4) is 5.75 Å². The molecule has 88 valence electrons. The molecule has 2 heteroatoms. The Hall–Kier alpha value is -1.31. The first-order valence-corrected chi connectivity index (χ1v) is 5.91. The fourth-order valence-electron chi connectivity index (χ4n) is 1.48. The van der Waals surface area contributed by atoms with Crippen molar-refractivity contribution in [2.75, 3.05) is 0 Å². The van der Waals surface area contributed by atoms with Gasteiger partial charge in [-0.3, -0.25) is 4.79 Å². The highest BCUT2D eigenvalue weighted by atomic mass is 16.5. The summed E-state index contributed by atoms with van der Waals surface area (Å²) in [5, 5.41) is 0. The highest BCUT2D eigenvalue weighted by molar-refractivity contribution is 5.72. The van der Waals surface area contributed by atoms with E-state index in [0.717, 1.165) is 24.8 Å². The van der Waals surface area contributed by atoms with E-state index in [0.29, 0.717) is 12.2 Å². The van der Waals surface area contributed by atoms with E-state index in [1.54, 1.807) is 0 Å². The van der Waals surface area contributed by atoms with E-state index in [1.807, 2.05) is 32.0 Å². The molecule has 0 aliphatic carbocycles. The minimum absolute atomic E-state index is 0.128. The number of carbonyl (C=O) groups is 1. The van der Waals surface area contributed by atoms with Crippen LogP contribution in [0.25, 0.3) is 0 Å². The lowest BCUT2D eigenvalue weighted by Gasteiger charge is -2.06. The van der Waals surface area contributed by atoms with Crippen LogP contribution in [0.2, 0.25) is 0 Å². The Morgan fingerprint density at radius 3 is 2.56 bits per heavy atom. The Bertz CT molecular complexity index is 356. The Balaban J connectivity index is 2.46. The Labute approximate surface area is 97.6 Å². The standard InChI is InChI=1S/C14H20O2/c1-4-5-6-7-14(15)16-13-9-8-11(2)12(3)10-13/h8-10H,4-7H2,1-3H3. The number of carbonyl (C=O) groups excluding carboxylic acids is 1. The molecule has 0 aliphatic rings. The summed E-state index contributed by atoms with van der Waals surface area (Å²) in [6.07, 6.45) is 3.64. The van der Waals surface area contributed by atoms with Gasteiger partial charge < -0.3 is 4.74 Å². The van der Waals surface area contributed by atoms with Crippen molar-refractivity contribution in [1.29, 1.82) is 0 Å². The van der Waals surface area contributed by atoms with Crippen molar-refractivity contribution in [3.05, 3.63) is 29.3 Å². The minimum atomic E-state index is -0.128. The highest BCUT2D eigenvalue weighted by Crippen LogP contribution is 2.17. The van der Waals surface area contributed by atoms with Gasteiger partial charge in [0.05, 0.1) is 0 Å². The lowest BCUT2D eigenvalue weighted by Crippen LogP contribution is -2.07. The van der Waals surface area contributed by atoms with E-state index in [-0.39, 0.29) is 5.97 Å². The third-order valence-corrected chi connectivity index (χ3v) is 2.69. The maximum atomic E-state index is 11.5. The summed E-state index contributed by atoms with van der Waals surface area (Å²) in [5.74, 6) is 0.529. The summed E-state index contributed by atoms with van der Waals surface area (Å²) in [4.78, 5) is 11.5. The Morgan fingerprint density at radius 2 is 1.94 bits per heavy atom. The third-order valence-electron chi connectivity index (χ3n) is 2.69. The van der Waals surface area contributed by atoms with E-state index >= 15 is 0 Å². The molecule has 1 rings (SSSR count). The van der Waals surface area contributed by atoms with Gasteiger partial charge in [-0.1, -0.05) is 25.8 Å². The van der Waals surface area contributed by atoms with Crippen LogP contribution in [0.4, 0.5) is 0 Å². The number of benzene rings is 1. The van der Waals surface area contributed by atoms with Crippen molar-refractivity contribution in [2.45, 2.75) is 46.5 Å². The minimum Gasteiger partial charge on any atom is -0.427 e. The topological polar surface area (TPSA) is 26.3 Å². The fraction of sp³-hybridized carbons (Fsp3) is 0.500. The van der Waals surface area contributed by atoms with Gasteiger partial charge in [-0.05, 0) is 43.5 Å². The Morgan fingerprint density at radius 1 is 1.19 bits per heavy atom. The van der Waals surface area contributed by atoms with Crippen LogP contribution in [0, 0.1) is 13.8 Å². The number of unbranched alkanes of at least 4 members (excludes halogenated alkanes) is 2. The van der Waals surface area contributed by atoms with Crippen LogP contribution in [-0.4, -0.2) is 5.97 Å². The van der Waals surface area contributed by atoms with Crippen molar-refractivity contribution in [2.24, 2.45) is 0 Å². The first kappa shape index (κ1) is 12.8. The van der Waals surface area contributed by atoms with Gasteiger partial charge in [0.15, 0.2) is 0 Å². The second-order valence-electron chi connectivity index (χ2n) is 4.18. The normalized spacial score (nSPS) is 10.2. The van der Waals surface area contributed by atoms with Crippen molar-refractivity contribution in [3.63, 3.8) is 0 Å². The molecule has 0 fully saturated rings. The van der Waals surface area contributed by atoms with Crippen LogP contribution < -0.4 is 4.74 Å². The number of esters is 1. The molecule has 0 N–H and O–H groups in total. The van der Waals surface area contributed by atoms with Crippen LogP contribution in [0.5, 0.6) is 5.75 Å². The van der Waals surface area contributed by atoms with Gasteiger partial charge in [0.1, 0.15) is 5.75 Å². The lowest BCUT2D eigenvalue weighted by molar-refractivity contribution is -0.134. The number of aryl methyl sites for hydroxylation is 2. The summed E-state index contributed by atoms with van der Waals surface area (Å²) in [5.41, 5.74) is 2.37. The van der Waals surface area contributed by atoms with E-state index in [2.05, 4.69) is 6.92 Å². The van der Waals surface area contributed by atoms with Crippen LogP contribution in [0.15, 0.2) is 18.2 Å². The van der Waals surface area contributed by atoms with Gasteiger partial charge in [-0.25, -0.2) is 0 Å². The summed E-state index contributed by atoms with van der Waals surface area (Å²) in [7, 11) is 0. The molecule has 2 nitrogen and oxygen atoms in total. The van der Waals surface area contributed by atoms with Gasteiger partial charge in [-0.15, -0.1) is 0 Å². The van der Waals surface area contributed by atoms with Crippen LogP contribution >= 0.6 is 0 Å². The van der Waals surface area contributed by atoms with Crippen molar-refractivity contribution < 1.29 is 9.53 Å². The second-order valence-corrected chi connectivity index (χ2v) is 4.18. The molecule has 1 aromatic rings. The number of rotatable bonds is 5. The second kappa shape index (κ2) is 6.31. The summed E-state index contributed by atoms with van der Waals surface area (Å²) < 4.78 is 5.26. The molecule has 0 saturated carbocycles. The van der Waals surface area contributed by atoms with Crippen molar-refractivity contribution in [1.82, 2.24) is 0 Å². The lowest BCUT2D eigenvalue weighted by atomic mass is 10.1. The number of ether oxygens (including phenoxy) is 1. The highest BCUT2D eigenvalue weighted by Gasteiger charge is 2.05. The zero-order valence-corrected chi connectivity index (χ0v) is 10.4. The monoisotopic (exact) mass is 220 g/mol. The van der Waals surface area contributed by atoms with Gasteiger partial charge >= 0.3 is 5.97 Å². The molecule has 0 amide bonds. The van der Waals surface area contributed by atoms with Crippen LogP contribution in [0.1, 0.15) is 43.7 Å². The summed E-state index contributed by atoms with van der Waals surface area (Å²) >= 11 is 0. The predicted octanol–water partition coefficient (Wildman–Crippen LogP) is 3.79. The molecule has 0 heterocycles. The average Bonchev–Trinajstić information content (AvgIpc) is 2.24. The largest absolute Gasteiger partial charge is 0.427 e. The zero-order valence-electron chi connectivity index (χ0n) is 10.4. The maximum Gasteiger partial charge on any atom is 0.311 e. The van der Waals surface area contributed by atoms with Crippen LogP contribution in [0.3, 0.4) is 0 Å². The molecule has 0 aromatic heterocycles.